The Hall–Kier alpha value is -2.04. The number of benzene rings is 1. The Morgan fingerprint density at radius 2 is 2.00 bits per heavy atom. The minimum atomic E-state index is -2.61. The highest BCUT2D eigenvalue weighted by Gasteiger charge is 2.34. The first-order valence-corrected chi connectivity index (χ1v) is 7.53. The van der Waals surface area contributed by atoms with Crippen LogP contribution in [0.15, 0.2) is 30.3 Å². The van der Waals surface area contributed by atoms with Crippen molar-refractivity contribution < 1.29 is 13.6 Å². The number of aromatic nitrogens is 1. The maximum atomic E-state index is 13.6. The molecule has 1 amide bonds. The van der Waals surface area contributed by atoms with Gasteiger partial charge in [-0.2, -0.15) is 0 Å². The van der Waals surface area contributed by atoms with Crippen molar-refractivity contribution in [1.29, 1.82) is 0 Å². The quantitative estimate of drug-likeness (QED) is 0.852. The molecule has 1 saturated carbocycles. The third-order valence-corrected chi connectivity index (χ3v) is 4.36. The van der Waals surface area contributed by atoms with Gasteiger partial charge in [0.2, 0.25) is 5.92 Å². The number of para-hydroxylation sites is 1. The lowest BCUT2D eigenvalue weighted by molar-refractivity contribution is -0.0141. The number of rotatable bonds is 2. The molecular formula is C17H18F2N2O. The van der Waals surface area contributed by atoms with E-state index in [-0.39, 0.29) is 18.8 Å². The molecule has 1 fully saturated rings. The van der Waals surface area contributed by atoms with Gasteiger partial charge in [-0.1, -0.05) is 18.2 Å². The Bertz CT molecular complexity index is 715. The van der Waals surface area contributed by atoms with E-state index in [1.54, 1.807) is 6.07 Å². The van der Waals surface area contributed by atoms with Gasteiger partial charge in [0, 0.05) is 24.1 Å². The monoisotopic (exact) mass is 304 g/mol. The molecule has 1 aliphatic rings. The fourth-order valence-electron chi connectivity index (χ4n) is 3.17. The lowest BCUT2D eigenvalue weighted by Gasteiger charge is -2.17. The Kier molecular flexibility index (Phi) is 3.81. The predicted molar refractivity (Wildman–Crippen MR) is 81.0 cm³/mol. The molecule has 0 bridgehead atoms. The number of pyridine rings is 1. The molecule has 3 nitrogen and oxygen atoms in total. The first kappa shape index (κ1) is 14.9. The minimum absolute atomic E-state index is 0.0943. The van der Waals surface area contributed by atoms with Crippen LogP contribution in [0.3, 0.4) is 0 Å². The van der Waals surface area contributed by atoms with Crippen LogP contribution in [-0.2, 0) is 0 Å². The van der Waals surface area contributed by atoms with Crippen LogP contribution >= 0.6 is 0 Å². The highest BCUT2D eigenvalue weighted by molar-refractivity contribution is 5.97. The maximum Gasteiger partial charge on any atom is 0.250 e. The van der Waals surface area contributed by atoms with Gasteiger partial charge in [0.25, 0.3) is 5.91 Å². The topological polar surface area (TPSA) is 56.0 Å². The van der Waals surface area contributed by atoms with Crippen molar-refractivity contribution in [3.05, 3.63) is 41.6 Å². The van der Waals surface area contributed by atoms with Gasteiger partial charge in [0.1, 0.15) is 0 Å². The summed E-state index contributed by atoms with van der Waals surface area (Å²) in [6.45, 7) is 0. The Labute approximate surface area is 127 Å². The third-order valence-electron chi connectivity index (χ3n) is 4.36. The number of nitrogens with two attached hydrogens (primary N) is 1. The molecule has 2 N–H and O–H groups in total. The van der Waals surface area contributed by atoms with Crippen LogP contribution in [0.2, 0.25) is 0 Å². The van der Waals surface area contributed by atoms with Gasteiger partial charge in [0.15, 0.2) is 0 Å². The SMILES string of the molecule is NC(=O)c1cc2ccccc2nc1C1CCCC(F)(F)CC1. The Balaban J connectivity index is 2.04. The fraction of sp³-hybridized carbons (Fsp3) is 0.412. The van der Waals surface area contributed by atoms with E-state index in [0.717, 1.165) is 10.9 Å². The summed E-state index contributed by atoms with van der Waals surface area (Å²) >= 11 is 0. The van der Waals surface area contributed by atoms with Crippen LogP contribution in [-0.4, -0.2) is 16.8 Å². The van der Waals surface area contributed by atoms with Gasteiger partial charge in [-0.05, 0) is 31.4 Å². The molecule has 0 radical (unpaired) electrons. The molecule has 1 aromatic heterocycles. The van der Waals surface area contributed by atoms with Crippen molar-refractivity contribution in [1.82, 2.24) is 4.98 Å². The van der Waals surface area contributed by atoms with Crippen molar-refractivity contribution in [2.24, 2.45) is 5.73 Å². The van der Waals surface area contributed by atoms with E-state index in [1.807, 2.05) is 24.3 Å². The standard InChI is InChI=1S/C17H18F2N2O/c18-17(19)8-3-5-11(7-9-17)15-13(16(20)22)10-12-4-1-2-6-14(12)21-15/h1-2,4,6,10-11H,3,5,7-9H2,(H2,20,22). The molecule has 0 aliphatic heterocycles. The lowest BCUT2D eigenvalue weighted by Crippen LogP contribution is -2.18. The van der Waals surface area contributed by atoms with Gasteiger partial charge in [-0.15, -0.1) is 0 Å². The molecule has 1 heterocycles. The second-order valence-electron chi connectivity index (χ2n) is 5.96. The van der Waals surface area contributed by atoms with E-state index in [0.29, 0.717) is 30.5 Å². The van der Waals surface area contributed by atoms with Gasteiger partial charge in [-0.25, -0.2) is 8.78 Å². The van der Waals surface area contributed by atoms with E-state index >= 15 is 0 Å². The van der Waals surface area contributed by atoms with Crippen molar-refractivity contribution in [2.75, 3.05) is 0 Å². The smallest absolute Gasteiger partial charge is 0.250 e. The largest absolute Gasteiger partial charge is 0.366 e. The number of carbonyl (C=O) groups is 1. The van der Waals surface area contributed by atoms with E-state index in [2.05, 4.69) is 4.98 Å². The van der Waals surface area contributed by atoms with Crippen LogP contribution in [0.25, 0.3) is 10.9 Å². The molecule has 0 spiro atoms. The average Bonchev–Trinajstić information content (AvgIpc) is 2.66. The van der Waals surface area contributed by atoms with Crippen molar-refractivity contribution in [3.63, 3.8) is 0 Å². The van der Waals surface area contributed by atoms with Crippen LogP contribution in [0.5, 0.6) is 0 Å². The van der Waals surface area contributed by atoms with Crippen LogP contribution in [0, 0.1) is 0 Å². The molecule has 1 aliphatic carbocycles. The van der Waals surface area contributed by atoms with E-state index < -0.39 is 11.8 Å². The molecule has 3 rings (SSSR count). The number of halogens is 2. The summed E-state index contributed by atoms with van der Waals surface area (Å²) in [5.74, 6) is -3.30. The van der Waals surface area contributed by atoms with Crippen molar-refractivity contribution in [3.8, 4) is 0 Å². The number of alkyl halides is 2. The Morgan fingerprint density at radius 3 is 2.77 bits per heavy atom. The summed E-state index contributed by atoms with van der Waals surface area (Å²) in [6, 6.07) is 9.17. The highest BCUT2D eigenvalue weighted by atomic mass is 19.3. The number of hydrogen-bond donors (Lipinski definition) is 1. The van der Waals surface area contributed by atoms with E-state index in [9.17, 15) is 13.6 Å². The molecule has 1 aromatic carbocycles. The maximum absolute atomic E-state index is 13.6. The van der Waals surface area contributed by atoms with Crippen LogP contribution in [0.4, 0.5) is 8.78 Å². The van der Waals surface area contributed by atoms with Crippen molar-refractivity contribution >= 4 is 16.8 Å². The zero-order chi connectivity index (χ0) is 15.7. The normalized spacial score (nSPS) is 21.5. The lowest BCUT2D eigenvalue weighted by atomic mass is 9.91. The first-order chi connectivity index (χ1) is 10.5. The number of primary amides is 1. The third kappa shape index (κ3) is 2.93. The number of carbonyl (C=O) groups excluding carboxylic acids is 1. The fourth-order valence-corrected chi connectivity index (χ4v) is 3.17. The number of nitrogens with zero attached hydrogens (tertiary/aromatic N) is 1. The molecule has 5 heteroatoms. The highest BCUT2D eigenvalue weighted by Crippen LogP contribution is 2.39. The molecule has 1 atom stereocenters. The molecular weight excluding hydrogens is 286 g/mol. The van der Waals surface area contributed by atoms with Crippen LogP contribution < -0.4 is 5.73 Å². The average molecular weight is 304 g/mol. The Morgan fingerprint density at radius 1 is 1.23 bits per heavy atom. The second-order valence-corrected chi connectivity index (χ2v) is 5.96. The first-order valence-electron chi connectivity index (χ1n) is 7.53. The summed E-state index contributed by atoms with van der Waals surface area (Å²) in [5, 5.41) is 0.832. The summed E-state index contributed by atoms with van der Waals surface area (Å²) in [7, 11) is 0. The number of fused-ring (bicyclic) bond motifs is 1. The summed E-state index contributed by atoms with van der Waals surface area (Å²) < 4.78 is 27.1. The number of amides is 1. The summed E-state index contributed by atoms with van der Waals surface area (Å²) in [4.78, 5) is 16.3. The molecule has 2 aromatic rings. The van der Waals surface area contributed by atoms with Crippen LogP contribution in [0.1, 0.15) is 54.1 Å². The van der Waals surface area contributed by atoms with Gasteiger partial charge >= 0.3 is 0 Å². The van der Waals surface area contributed by atoms with Gasteiger partial charge in [-0.3, -0.25) is 9.78 Å². The minimum Gasteiger partial charge on any atom is -0.366 e. The van der Waals surface area contributed by atoms with E-state index in [4.69, 9.17) is 5.73 Å². The van der Waals surface area contributed by atoms with Gasteiger partial charge < -0.3 is 5.73 Å². The number of hydrogen-bond acceptors (Lipinski definition) is 2. The van der Waals surface area contributed by atoms with Crippen molar-refractivity contribution in [2.45, 2.75) is 43.9 Å². The predicted octanol–water partition coefficient (Wildman–Crippen LogP) is 4.02. The van der Waals surface area contributed by atoms with Gasteiger partial charge in [0.05, 0.1) is 16.8 Å². The molecule has 1 unspecified atom stereocenters. The molecule has 22 heavy (non-hydrogen) atoms. The zero-order valence-corrected chi connectivity index (χ0v) is 12.2. The molecule has 0 saturated heterocycles. The zero-order valence-electron chi connectivity index (χ0n) is 12.2. The molecule has 116 valence electrons. The summed E-state index contributed by atoms with van der Waals surface area (Å²) in [5.41, 5.74) is 7.17. The summed E-state index contributed by atoms with van der Waals surface area (Å²) in [6.07, 6.45) is 1.12. The van der Waals surface area contributed by atoms with E-state index in [1.165, 1.54) is 0 Å². The second kappa shape index (κ2) is 5.63.